The molecule has 0 spiro atoms. The number of amides is 1. The normalized spacial score (nSPS) is 11.8. The number of hydrogen-bond acceptors (Lipinski definition) is 5. The average molecular weight is 382 g/mol. The Labute approximate surface area is 163 Å². The van der Waals surface area contributed by atoms with Gasteiger partial charge in [0, 0.05) is 5.56 Å². The van der Waals surface area contributed by atoms with Crippen molar-refractivity contribution in [1.29, 1.82) is 0 Å². The zero-order valence-corrected chi connectivity index (χ0v) is 16.4. The second-order valence-corrected chi connectivity index (χ2v) is 7.03. The van der Waals surface area contributed by atoms with Crippen LogP contribution in [0.15, 0.2) is 60.0 Å². The molecular formula is C20H22N4O2S. The van der Waals surface area contributed by atoms with Crippen molar-refractivity contribution in [3.63, 3.8) is 0 Å². The fraction of sp³-hybridized carbons (Fsp3) is 0.250. The van der Waals surface area contributed by atoms with E-state index >= 15 is 0 Å². The Morgan fingerprint density at radius 3 is 2.74 bits per heavy atom. The molecule has 27 heavy (non-hydrogen) atoms. The van der Waals surface area contributed by atoms with Crippen LogP contribution < -0.4 is 10.1 Å². The molecule has 2 aromatic carbocycles. The molecule has 1 atom stereocenters. The summed E-state index contributed by atoms with van der Waals surface area (Å²) in [5.74, 6) is 0.944. The van der Waals surface area contributed by atoms with Crippen LogP contribution in [0.3, 0.4) is 0 Å². The van der Waals surface area contributed by atoms with Crippen molar-refractivity contribution >= 4 is 17.7 Å². The number of methoxy groups -OCH3 is 1. The van der Waals surface area contributed by atoms with E-state index in [2.05, 4.69) is 15.5 Å². The zero-order valence-electron chi connectivity index (χ0n) is 15.5. The fourth-order valence-electron chi connectivity index (χ4n) is 2.84. The number of ether oxygens (including phenoxy) is 1. The minimum absolute atomic E-state index is 0.0715. The lowest BCUT2D eigenvalue weighted by Crippen LogP contribution is -2.28. The molecule has 7 heteroatoms. The predicted molar refractivity (Wildman–Crippen MR) is 106 cm³/mol. The Balaban J connectivity index is 1.64. The number of nitrogens with one attached hydrogen (secondary N) is 1. The molecule has 1 unspecified atom stereocenters. The number of para-hydroxylation sites is 2. The van der Waals surface area contributed by atoms with Gasteiger partial charge in [-0.05, 0) is 31.5 Å². The van der Waals surface area contributed by atoms with E-state index in [4.69, 9.17) is 4.74 Å². The number of aryl methyl sites for hydroxylation is 1. The highest BCUT2D eigenvalue weighted by atomic mass is 32.2. The molecule has 1 N–H and O–H groups in total. The summed E-state index contributed by atoms with van der Waals surface area (Å²) in [5.41, 5.74) is 3.07. The number of benzene rings is 2. The lowest BCUT2D eigenvalue weighted by molar-refractivity contribution is -0.119. The number of rotatable bonds is 7. The Kier molecular flexibility index (Phi) is 6.13. The van der Waals surface area contributed by atoms with Gasteiger partial charge in [0.05, 0.1) is 24.6 Å². The maximum atomic E-state index is 12.4. The number of hydrogen-bond donors (Lipinski definition) is 1. The third kappa shape index (κ3) is 4.49. The summed E-state index contributed by atoms with van der Waals surface area (Å²) in [6.45, 7) is 3.97. The quantitative estimate of drug-likeness (QED) is 0.633. The Hall–Kier alpha value is -2.80. The van der Waals surface area contributed by atoms with Crippen LogP contribution in [0, 0.1) is 6.92 Å². The predicted octanol–water partition coefficient (Wildman–Crippen LogP) is 3.55. The van der Waals surface area contributed by atoms with Crippen LogP contribution in [0.5, 0.6) is 5.75 Å². The number of carbonyl (C=O) groups excluding carboxylic acids is 1. The number of carbonyl (C=O) groups is 1. The molecule has 0 saturated carbocycles. The second kappa shape index (κ2) is 8.73. The monoisotopic (exact) mass is 382 g/mol. The highest BCUT2D eigenvalue weighted by Crippen LogP contribution is 2.25. The number of thioether (sulfide) groups is 1. The Bertz CT molecular complexity index is 926. The van der Waals surface area contributed by atoms with Crippen LogP contribution in [0.25, 0.3) is 5.69 Å². The molecule has 1 heterocycles. The summed E-state index contributed by atoms with van der Waals surface area (Å²) in [6, 6.07) is 15.5. The van der Waals surface area contributed by atoms with Gasteiger partial charge in [-0.2, -0.15) is 0 Å². The fourth-order valence-corrected chi connectivity index (χ4v) is 3.57. The first kappa shape index (κ1) is 19.0. The van der Waals surface area contributed by atoms with Crippen LogP contribution in [0.1, 0.15) is 24.1 Å². The second-order valence-electron chi connectivity index (χ2n) is 6.09. The molecule has 0 saturated heterocycles. The minimum atomic E-state index is -0.150. The largest absolute Gasteiger partial charge is 0.496 e. The van der Waals surface area contributed by atoms with E-state index in [0.717, 1.165) is 22.6 Å². The van der Waals surface area contributed by atoms with Gasteiger partial charge in [-0.3, -0.25) is 9.36 Å². The minimum Gasteiger partial charge on any atom is -0.496 e. The van der Waals surface area contributed by atoms with Crippen molar-refractivity contribution in [3.05, 3.63) is 66.0 Å². The maximum Gasteiger partial charge on any atom is 0.230 e. The zero-order chi connectivity index (χ0) is 19.2. The molecule has 0 aliphatic rings. The summed E-state index contributed by atoms with van der Waals surface area (Å²) in [5, 5.41) is 11.8. The molecule has 3 aromatic rings. The molecule has 140 valence electrons. The molecule has 6 nitrogen and oxygen atoms in total. The van der Waals surface area contributed by atoms with Gasteiger partial charge in [0.1, 0.15) is 12.1 Å². The summed E-state index contributed by atoms with van der Waals surface area (Å²) in [4.78, 5) is 12.4. The lowest BCUT2D eigenvalue weighted by Gasteiger charge is -2.17. The summed E-state index contributed by atoms with van der Waals surface area (Å²) >= 11 is 1.36. The molecular weight excluding hydrogens is 360 g/mol. The van der Waals surface area contributed by atoms with Crippen molar-refractivity contribution in [1.82, 2.24) is 20.1 Å². The Morgan fingerprint density at radius 2 is 1.96 bits per heavy atom. The summed E-state index contributed by atoms with van der Waals surface area (Å²) < 4.78 is 7.26. The van der Waals surface area contributed by atoms with E-state index in [9.17, 15) is 4.79 Å². The van der Waals surface area contributed by atoms with E-state index in [1.54, 1.807) is 13.4 Å². The SMILES string of the molecule is COc1ccccc1C(C)NC(=O)CSc1nncn1-c1ccccc1C. The van der Waals surface area contributed by atoms with Crippen molar-refractivity contribution in [2.24, 2.45) is 0 Å². The first-order valence-electron chi connectivity index (χ1n) is 8.61. The molecule has 0 fully saturated rings. The lowest BCUT2D eigenvalue weighted by atomic mass is 10.1. The van der Waals surface area contributed by atoms with Gasteiger partial charge in [0.2, 0.25) is 5.91 Å². The van der Waals surface area contributed by atoms with Gasteiger partial charge in [-0.15, -0.1) is 10.2 Å². The first-order valence-corrected chi connectivity index (χ1v) is 9.60. The van der Waals surface area contributed by atoms with Gasteiger partial charge >= 0.3 is 0 Å². The highest BCUT2D eigenvalue weighted by Gasteiger charge is 2.15. The average Bonchev–Trinajstić information content (AvgIpc) is 3.15. The van der Waals surface area contributed by atoms with Crippen LogP contribution in [-0.4, -0.2) is 33.5 Å². The van der Waals surface area contributed by atoms with Crippen molar-refractivity contribution < 1.29 is 9.53 Å². The molecule has 1 aromatic heterocycles. The third-order valence-electron chi connectivity index (χ3n) is 4.21. The van der Waals surface area contributed by atoms with Crippen LogP contribution in [0.2, 0.25) is 0 Å². The first-order chi connectivity index (χ1) is 13.1. The van der Waals surface area contributed by atoms with Crippen LogP contribution in [0.4, 0.5) is 0 Å². The maximum absolute atomic E-state index is 12.4. The molecule has 0 radical (unpaired) electrons. The third-order valence-corrected chi connectivity index (χ3v) is 5.15. The summed E-state index contributed by atoms with van der Waals surface area (Å²) in [6.07, 6.45) is 1.67. The molecule has 3 rings (SSSR count). The van der Waals surface area contributed by atoms with Crippen LogP contribution >= 0.6 is 11.8 Å². The standard InChI is InChI=1S/C20H22N4O2S/c1-14-8-4-6-10-17(14)24-13-21-23-20(24)27-12-19(25)22-15(2)16-9-5-7-11-18(16)26-3/h4-11,13,15H,12H2,1-3H3,(H,22,25). The molecule has 0 aliphatic heterocycles. The highest BCUT2D eigenvalue weighted by molar-refractivity contribution is 7.99. The molecule has 1 amide bonds. The van der Waals surface area contributed by atoms with Gasteiger partial charge in [0.25, 0.3) is 0 Å². The summed E-state index contributed by atoms with van der Waals surface area (Å²) in [7, 11) is 1.63. The number of aromatic nitrogens is 3. The topological polar surface area (TPSA) is 69.0 Å². The number of nitrogens with zero attached hydrogens (tertiary/aromatic N) is 3. The van der Waals surface area contributed by atoms with E-state index in [-0.39, 0.29) is 17.7 Å². The smallest absolute Gasteiger partial charge is 0.230 e. The van der Waals surface area contributed by atoms with Gasteiger partial charge in [-0.25, -0.2) is 0 Å². The Morgan fingerprint density at radius 1 is 1.22 bits per heavy atom. The van der Waals surface area contributed by atoms with Gasteiger partial charge < -0.3 is 10.1 Å². The van der Waals surface area contributed by atoms with Crippen molar-refractivity contribution in [2.75, 3.05) is 12.9 Å². The van der Waals surface area contributed by atoms with Gasteiger partial charge in [0.15, 0.2) is 5.16 Å². The van der Waals surface area contributed by atoms with E-state index in [1.165, 1.54) is 11.8 Å². The van der Waals surface area contributed by atoms with Crippen molar-refractivity contribution in [2.45, 2.75) is 25.0 Å². The van der Waals surface area contributed by atoms with E-state index < -0.39 is 0 Å². The molecule has 0 bridgehead atoms. The van der Waals surface area contributed by atoms with E-state index in [1.807, 2.05) is 66.9 Å². The van der Waals surface area contributed by atoms with Crippen LogP contribution in [-0.2, 0) is 4.79 Å². The molecule has 0 aliphatic carbocycles. The van der Waals surface area contributed by atoms with Crippen molar-refractivity contribution in [3.8, 4) is 11.4 Å². The van der Waals surface area contributed by atoms with Gasteiger partial charge in [-0.1, -0.05) is 48.2 Å². The van der Waals surface area contributed by atoms with E-state index in [0.29, 0.717) is 5.16 Å².